The van der Waals surface area contributed by atoms with Gasteiger partial charge in [0.1, 0.15) is 0 Å². The lowest BCUT2D eigenvalue weighted by Crippen LogP contribution is -2.42. The van der Waals surface area contributed by atoms with E-state index in [9.17, 15) is 4.79 Å². The van der Waals surface area contributed by atoms with Gasteiger partial charge in [0, 0.05) is 37.1 Å². The zero-order valence-corrected chi connectivity index (χ0v) is 12.2. The summed E-state index contributed by atoms with van der Waals surface area (Å²) >= 11 is 0. The molecule has 0 spiro atoms. The number of amides is 1. The third-order valence-electron chi connectivity index (χ3n) is 4.29. The molecule has 1 atom stereocenters. The highest BCUT2D eigenvalue weighted by Crippen LogP contribution is 2.21. The van der Waals surface area contributed by atoms with Crippen molar-refractivity contribution in [2.24, 2.45) is 11.7 Å². The monoisotopic (exact) mass is 284 g/mol. The van der Waals surface area contributed by atoms with Crippen LogP contribution < -0.4 is 5.73 Å². The van der Waals surface area contributed by atoms with Crippen molar-refractivity contribution >= 4 is 16.9 Å². The lowest BCUT2D eigenvalue weighted by molar-refractivity contribution is 0.0681. The minimum absolute atomic E-state index is 0.0747. The first-order valence-electron chi connectivity index (χ1n) is 7.41. The zero-order chi connectivity index (χ0) is 14.8. The van der Waals surface area contributed by atoms with Gasteiger partial charge in [-0.1, -0.05) is 0 Å². The van der Waals surface area contributed by atoms with Crippen LogP contribution in [0.1, 0.15) is 30.1 Å². The molecule has 1 aliphatic heterocycles. The van der Waals surface area contributed by atoms with Crippen LogP contribution in [0, 0.1) is 5.92 Å². The van der Waals surface area contributed by atoms with Gasteiger partial charge in [0.25, 0.3) is 5.91 Å². The van der Waals surface area contributed by atoms with Crippen molar-refractivity contribution in [1.82, 2.24) is 14.9 Å². The largest absolute Gasteiger partial charge is 0.339 e. The number of piperidine rings is 1. The molecule has 110 valence electrons. The molecule has 5 heteroatoms. The van der Waals surface area contributed by atoms with Gasteiger partial charge in [-0.2, -0.15) is 0 Å². The molecule has 1 aliphatic rings. The lowest BCUT2D eigenvalue weighted by atomic mass is 9.90. The van der Waals surface area contributed by atoms with Crippen molar-refractivity contribution in [3.05, 3.63) is 36.2 Å². The summed E-state index contributed by atoms with van der Waals surface area (Å²) in [4.78, 5) is 23.0. The van der Waals surface area contributed by atoms with Crippen LogP contribution in [0.4, 0.5) is 0 Å². The van der Waals surface area contributed by atoms with E-state index in [0.717, 1.165) is 37.0 Å². The van der Waals surface area contributed by atoms with Crippen LogP contribution in [0.3, 0.4) is 0 Å². The molecule has 0 bridgehead atoms. The Morgan fingerprint density at radius 2 is 1.90 bits per heavy atom. The first kappa shape index (κ1) is 13.9. The van der Waals surface area contributed by atoms with Gasteiger partial charge < -0.3 is 10.6 Å². The molecule has 0 saturated carbocycles. The second kappa shape index (κ2) is 5.77. The van der Waals surface area contributed by atoms with Gasteiger partial charge in [-0.25, -0.2) is 0 Å². The number of carbonyl (C=O) groups is 1. The predicted octanol–water partition coefficient (Wildman–Crippen LogP) is 1.83. The van der Waals surface area contributed by atoms with Crippen molar-refractivity contribution < 1.29 is 4.79 Å². The Balaban J connectivity index is 1.75. The highest BCUT2D eigenvalue weighted by atomic mass is 16.2. The summed E-state index contributed by atoms with van der Waals surface area (Å²) in [5.41, 5.74) is 8.19. The van der Waals surface area contributed by atoms with Gasteiger partial charge >= 0.3 is 0 Å². The van der Waals surface area contributed by atoms with Gasteiger partial charge in [-0.15, -0.1) is 0 Å². The molecule has 1 saturated heterocycles. The van der Waals surface area contributed by atoms with Crippen LogP contribution in [0.15, 0.2) is 30.6 Å². The molecule has 2 aromatic rings. The summed E-state index contributed by atoms with van der Waals surface area (Å²) in [6.45, 7) is 3.61. The van der Waals surface area contributed by atoms with Crippen molar-refractivity contribution in [1.29, 1.82) is 0 Å². The highest BCUT2D eigenvalue weighted by molar-refractivity contribution is 5.97. The minimum Gasteiger partial charge on any atom is -0.339 e. The Kier molecular flexibility index (Phi) is 3.84. The van der Waals surface area contributed by atoms with Crippen LogP contribution >= 0.6 is 0 Å². The molecule has 1 fully saturated rings. The van der Waals surface area contributed by atoms with E-state index in [1.807, 2.05) is 30.0 Å². The van der Waals surface area contributed by atoms with E-state index >= 15 is 0 Å². The predicted molar refractivity (Wildman–Crippen MR) is 81.8 cm³/mol. The van der Waals surface area contributed by atoms with E-state index < -0.39 is 0 Å². The summed E-state index contributed by atoms with van der Waals surface area (Å²) in [7, 11) is 0. The van der Waals surface area contributed by atoms with E-state index in [-0.39, 0.29) is 11.9 Å². The quantitative estimate of drug-likeness (QED) is 0.913. The van der Waals surface area contributed by atoms with Gasteiger partial charge in [-0.3, -0.25) is 14.8 Å². The molecular weight excluding hydrogens is 264 g/mol. The first-order chi connectivity index (χ1) is 10.1. The maximum absolute atomic E-state index is 12.6. The topological polar surface area (TPSA) is 72.1 Å². The molecule has 21 heavy (non-hydrogen) atoms. The summed E-state index contributed by atoms with van der Waals surface area (Å²) < 4.78 is 0. The average molecular weight is 284 g/mol. The normalized spacial score (nSPS) is 17.9. The third-order valence-corrected chi connectivity index (χ3v) is 4.29. The molecule has 3 rings (SSSR count). The molecule has 1 amide bonds. The molecule has 5 nitrogen and oxygen atoms in total. The van der Waals surface area contributed by atoms with Gasteiger partial charge in [0.2, 0.25) is 0 Å². The van der Waals surface area contributed by atoms with Crippen LogP contribution in [-0.2, 0) is 0 Å². The first-order valence-corrected chi connectivity index (χ1v) is 7.41. The van der Waals surface area contributed by atoms with Gasteiger partial charge in [-0.05, 0) is 43.9 Å². The minimum atomic E-state index is 0.0747. The Bertz CT molecular complexity index is 648. The maximum Gasteiger partial charge on any atom is 0.253 e. The molecular formula is C16H20N4O. The van der Waals surface area contributed by atoms with Crippen LogP contribution in [-0.4, -0.2) is 39.9 Å². The number of rotatable bonds is 2. The molecule has 2 heterocycles. The number of hydrogen-bond donors (Lipinski definition) is 1. The average Bonchev–Trinajstić information content (AvgIpc) is 2.54. The van der Waals surface area contributed by atoms with Crippen LogP contribution in [0.25, 0.3) is 11.0 Å². The molecule has 1 unspecified atom stereocenters. The Labute approximate surface area is 124 Å². The van der Waals surface area contributed by atoms with E-state index in [0.29, 0.717) is 11.5 Å². The number of aromatic nitrogens is 2. The fraction of sp³-hybridized carbons (Fsp3) is 0.438. The lowest BCUT2D eigenvalue weighted by Gasteiger charge is -2.33. The number of carbonyl (C=O) groups excluding carboxylic acids is 1. The number of likely N-dealkylation sites (tertiary alicyclic amines) is 1. The summed E-state index contributed by atoms with van der Waals surface area (Å²) in [5.74, 6) is 0.599. The van der Waals surface area contributed by atoms with Crippen LogP contribution in [0.5, 0.6) is 0 Å². The molecule has 1 aromatic heterocycles. The van der Waals surface area contributed by atoms with E-state index in [2.05, 4.69) is 9.97 Å². The summed E-state index contributed by atoms with van der Waals surface area (Å²) in [6.07, 6.45) is 5.26. The maximum atomic E-state index is 12.6. The second-order valence-corrected chi connectivity index (χ2v) is 5.75. The van der Waals surface area contributed by atoms with E-state index in [4.69, 9.17) is 5.73 Å². The number of fused-ring (bicyclic) bond motifs is 1. The highest BCUT2D eigenvalue weighted by Gasteiger charge is 2.25. The Morgan fingerprint density at radius 1 is 1.24 bits per heavy atom. The molecule has 0 radical (unpaired) electrons. The van der Waals surface area contributed by atoms with Gasteiger partial charge in [0.05, 0.1) is 11.0 Å². The van der Waals surface area contributed by atoms with Crippen molar-refractivity contribution in [3.63, 3.8) is 0 Å². The third kappa shape index (κ3) is 2.88. The number of nitrogens with zero attached hydrogens (tertiary/aromatic N) is 3. The zero-order valence-electron chi connectivity index (χ0n) is 12.2. The Morgan fingerprint density at radius 3 is 2.57 bits per heavy atom. The SMILES string of the molecule is CC(N)C1CCN(C(=O)c2ccc3nccnc3c2)CC1. The molecule has 0 aliphatic carbocycles. The number of hydrogen-bond acceptors (Lipinski definition) is 4. The molecule has 2 N–H and O–H groups in total. The second-order valence-electron chi connectivity index (χ2n) is 5.75. The van der Waals surface area contributed by atoms with Crippen molar-refractivity contribution in [3.8, 4) is 0 Å². The van der Waals surface area contributed by atoms with Crippen molar-refractivity contribution in [2.45, 2.75) is 25.8 Å². The fourth-order valence-electron chi connectivity index (χ4n) is 2.91. The van der Waals surface area contributed by atoms with E-state index in [1.54, 1.807) is 12.4 Å². The van der Waals surface area contributed by atoms with Gasteiger partial charge in [0.15, 0.2) is 0 Å². The number of nitrogens with two attached hydrogens (primary N) is 1. The fourth-order valence-corrected chi connectivity index (χ4v) is 2.91. The smallest absolute Gasteiger partial charge is 0.253 e. The molecule has 1 aromatic carbocycles. The summed E-state index contributed by atoms with van der Waals surface area (Å²) in [6, 6.07) is 5.71. The van der Waals surface area contributed by atoms with Crippen LogP contribution in [0.2, 0.25) is 0 Å². The number of benzene rings is 1. The summed E-state index contributed by atoms with van der Waals surface area (Å²) in [5, 5.41) is 0. The Hall–Kier alpha value is -2.01. The van der Waals surface area contributed by atoms with Crippen molar-refractivity contribution in [2.75, 3.05) is 13.1 Å². The standard InChI is InChI=1S/C16H20N4O/c1-11(17)12-4-8-20(9-5-12)16(21)13-2-3-14-15(10-13)19-7-6-18-14/h2-3,6-7,10-12H,4-5,8-9,17H2,1H3. The van der Waals surface area contributed by atoms with E-state index in [1.165, 1.54) is 0 Å².